The van der Waals surface area contributed by atoms with E-state index < -0.39 is 0 Å². The highest BCUT2D eigenvalue weighted by molar-refractivity contribution is 5.91. The Morgan fingerprint density at radius 3 is 2.43 bits per heavy atom. The van der Waals surface area contributed by atoms with E-state index in [4.69, 9.17) is 9.47 Å². The minimum atomic E-state index is -0.201. The SMILES string of the molecule is COCC(=O)Nc1ccc(Nc2nccn3c(-c4ccc(OC)cc4)cnc23)cc1. The van der Waals surface area contributed by atoms with Crippen LogP contribution in [0.3, 0.4) is 0 Å². The number of hydrogen-bond acceptors (Lipinski definition) is 6. The van der Waals surface area contributed by atoms with Crippen LogP contribution in [-0.4, -0.2) is 41.1 Å². The molecule has 0 atom stereocenters. The lowest BCUT2D eigenvalue weighted by atomic mass is 10.1. The van der Waals surface area contributed by atoms with Gasteiger partial charge in [-0.3, -0.25) is 9.20 Å². The van der Waals surface area contributed by atoms with E-state index in [9.17, 15) is 4.79 Å². The number of anilines is 3. The summed E-state index contributed by atoms with van der Waals surface area (Å²) in [6.45, 7) is 0.0162. The quantitative estimate of drug-likeness (QED) is 0.489. The third kappa shape index (κ3) is 4.08. The van der Waals surface area contributed by atoms with E-state index in [-0.39, 0.29) is 12.5 Å². The zero-order chi connectivity index (χ0) is 20.9. The topological polar surface area (TPSA) is 89.8 Å². The number of imidazole rings is 1. The fraction of sp³-hybridized carbons (Fsp3) is 0.136. The minimum absolute atomic E-state index is 0.0162. The van der Waals surface area contributed by atoms with Crippen LogP contribution in [0, 0.1) is 0 Å². The molecular formula is C22H21N5O3. The number of hydrogen-bond donors (Lipinski definition) is 2. The first kappa shape index (κ1) is 19.4. The number of ether oxygens (including phenoxy) is 2. The molecule has 8 heteroatoms. The van der Waals surface area contributed by atoms with E-state index in [1.165, 1.54) is 7.11 Å². The molecule has 0 aliphatic heterocycles. The van der Waals surface area contributed by atoms with Crippen molar-refractivity contribution in [2.24, 2.45) is 0 Å². The van der Waals surface area contributed by atoms with Crippen molar-refractivity contribution in [3.63, 3.8) is 0 Å². The van der Waals surface area contributed by atoms with E-state index in [1.807, 2.05) is 65.3 Å². The van der Waals surface area contributed by atoms with Gasteiger partial charge in [-0.05, 0) is 48.5 Å². The van der Waals surface area contributed by atoms with Gasteiger partial charge in [-0.2, -0.15) is 0 Å². The number of aromatic nitrogens is 3. The van der Waals surface area contributed by atoms with E-state index in [1.54, 1.807) is 13.3 Å². The van der Waals surface area contributed by atoms with Crippen molar-refractivity contribution in [1.82, 2.24) is 14.4 Å². The molecule has 4 aromatic rings. The monoisotopic (exact) mass is 403 g/mol. The second kappa shape index (κ2) is 8.62. The summed E-state index contributed by atoms with van der Waals surface area (Å²) in [4.78, 5) is 20.6. The van der Waals surface area contributed by atoms with Crippen LogP contribution in [0.5, 0.6) is 5.75 Å². The van der Waals surface area contributed by atoms with Crippen LogP contribution in [-0.2, 0) is 9.53 Å². The van der Waals surface area contributed by atoms with Gasteiger partial charge in [0.1, 0.15) is 12.4 Å². The zero-order valence-corrected chi connectivity index (χ0v) is 16.6. The third-order valence-corrected chi connectivity index (χ3v) is 4.52. The number of amides is 1. The molecule has 2 aromatic heterocycles. The number of rotatable bonds is 7. The minimum Gasteiger partial charge on any atom is -0.497 e. The lowest BCUT2D eigenvalue weighted by molar-refractivity contribution is -0.119. The number of carbonyl (C=O) groups excluding carboxylic acids is 1. The van der Waals surface area contributed by atoms with Crippen LogP contribution in [0.2, 0.25) is 0 Å². The first-order valence-electron chi connectivity index (χ1n) is 9.30. The molecular weight excluding hydrogens is 382 g/mol. The number of nitrogens with zero attached hydrogens (tertiary/aromatic N) is 3. The highest BCUT2D eigenvalue weighted by Gasteiger charge is 2.11. The van der Waals surface area contributed by atoms with Gasteiger partial charge in [-0.1, -0.05) is 0 Å². The summed E-state index contributed by atoms with van der Waals surface area (Å²) in [5, 5.41) is 6.04. The molecule has 0 unspecified atom stereocenters. The average molecular weight is 403 g/mol. The van der Waals surface area contributed by atoms with Crippen molar-refractivity contribution >= 4 is 28.7 Å². The first-order valence-corrected chi connectivity index (χ1v) is 9.30. The smallest absolute Gasteiger partial charge is 0.250 e. The summed E-state index contributed by atoms with van der Waals surface area (Å²) in [6, 6.07) is 15.2. The summed E-state index contributed by atoms with van der Waals surface area (Å²) < 4.78 is 12.0. The molecule has 0 bridgehead atoms. The zero-order valence-electron chi connectivity index (χ0n) is 16.6. The van der Waals surface area contributed by atoms with Gasteiger partial charge in [-0.25, -0.2) is 9.97 Å². The fourth-order valence-electron chi connectivity index (χ4n) is 3.08. The Hall–Kier alpha value is -3.91. The molecule has 2 aromatic carbocycles. The van der Waals surface area contributed by atoms with Crippen LogP contribution in [0.1, 0.15) is 0 Å². The second-order valence-corrected chi connectivity index (χ2v) is 6.52. The summed E-state index contributed by atoms with van der Waals surface area (Å²) in [7, 11) is 3.13. The Morgan fingerprint density at radius 2 is 1.73 bits per heavy atom. The molecule has 1 amide bonds. The summed E-state index contributed by atoms with van der Waals surface area (Å²) in [6.07, 6.45) is 5.42. The highest BCUT2D eigenvalue weighted by atomic mass is 16.5. The van der Waals surface area contributed by atoms with Crippen molar-refractivity contribution in [3.8, 4) is 17.0 Å². The maximum absolute atomic E-state index is 11.6. The predicted octanol–water partition coefficient (Wildman–Crippen LogP) is 3.73. The predicted molar refractivity (Wildman–Crippen MR) is 115 cm³/mol. The van der Waals surface area contributed by atoms with Crippen LogP contribution < -0.4 is 15.4 Å². The molecule has 0 aliphatic rings. The first-order chi connectivity index (χ1) is 14.7. The van der Waals surface area contributed by atoms with Gasteiger partial charge in [0.25, 0.3) is 0 Å². The van der Waals surface area contributed by atoms with Gasteiger partial charge in [0.05, 0.1) is 19.0 Å². The van der Waals surface area contributed by atoms with Crippen molar-refractivity contribution in [2.75, 3.05) is 31.5 Å². The molecule has 8 nitrogen and oxygen atoms in total. The van der Waals surface area contributed by atoms with Gasteiger partial charge >= 0.3 is 0 Å². The molecule has 2 N–H and O–H groups in total. The van der Waals surface area contributed by atoms with E-state index >= 15 is 0 Å². The molecule has 0 spiro atoms. The molecule has 0 saturated heterocycles. The van der Waals surface area contributed by atoms with Crippen LogP contribution in [0.25, 0.3) is 16.9 Å². The third-order valence-electron chi connectivity index (χ3n) is 4.52. The molecule has 0 saturated carbocycles. The largest absolute Gasteiger partial charge is 0.497 e. The van der Waals surface area contributed by atoms with Crippen LogP contribution in [0.4, 0.5) is 17.2 Å². The number of benzene rings is 2. The molecule has 4 rings (SSSR count). The van der Waals surface area contributed by atoms with Crippen LogP contribution in [0.15, 0.2) is 67.1 Å². The van der Waals surface area contributed by atoms with Gasteiger partial charge < -0.3 is 20.1 Å². The summed E-state index contributed by atoms with van der Waals surface area (Å²) in [5.41, 5.74) is 4.21. The van der Waals surface area contributed by atoms with E-state index in [2.05, 4.69) is 20.6 Å². The Kier molecular flexibility index (Phi) is 5.58. The number of fused-ring (bicyclic) bond motifs is 1. The normalized spacial score (nSPS) is 10.7. The summed E-state index contributed by atoms with van der Waals surface area (Å²) >= 11 is 0. The molecule has 0 aliphatic carbocycles. The maximum atomic E-state index is 11.6. The van der Waals surface area contributed by atoms with Crippen molar-refractivity contribution in [1.29, 1.82) is 0 Å². The lowest BCUT2D eigenvalue weighted by Gasteiger charge is -2.09. The second-order valence-electron chi connectivity index (χ2n) is 6.52. The summed E-state index contributed by atoms with van der Waals surface area (Å²) in [5.74, 6) is 1.24. The highest BCUT2D eigenvalue weighted by Crippen LogP contribution is 2.27. The molecule has 0 radical (unpaired) electrons. The van der Waals surface area contributed by atoms with Crippen molar-refractivity contribution in [2.45, 2.75) is 0 Å². The number of nitrogens with one attached hydrogen (secondary N) is 2. The Morgan fingerprint density at radius 1 is 1.00 bits per heavy atom. The van der Waals surface area contributed by atoms with E-state index in [0.29, 0.717) is 17.2 Å². The fourth-order valence-corrected chi connectivity index (χ4v) is 3.08. The standard InChI is InChI=1S/C22H21N5O3/c1-29-14-20(28)25-16-5-7-17(8-6-16)26-21-22-24-13-19(27(22)12-11-23-21)15-3-9-18(30-2)10-4-15/h3-13H,14H2,1-2H3,(H,23,26)(H,25,28). The van der Waals surface area contributed by atoms with Crippen molar-refractivity contribution < 1.29 is 14.3 Å². The average Bonchev–Trinajstić information content (AvgIpc) is 3.20. The molecule has 0 fully saturated rings. The molecule has 30 heavy (non-hydrogen) atoms. The Labute approximate surface area is 173 Å². The van der Waals surface area contributed by atoms with Gasteiger partial charge in [0.2, 0.25) is 5.91 Å². The number of carbonyl (C=O) groups is 1. The molecule has 152 valence electrons. The van der Waals surface area contributed by atoms with Crippen molar-refractivity contribution in [3.05, 3.63) is 67.1 Å². The maximum Gasteiger partial charge on any atom is 0.250 e. The van der Waals surface area contributed by atoms with E-state index in [0.717, 1.165) is 22.7 Å². The van der Waals surface area contributed by atoms with Gasteiger partial charge in [0.15, 0.2) is 11.5 Å². The van der Waals surface area contributed by atoms with Gasteiger partial charge in [0, 0.05) is 36.4 Å². The Balaban J connectivity index is 1.56. The van der Waals surface area contributed by atoms with Gasteiger partial charge in [-0.15, -0.1) is 0 Å². The molecule has 2 heterocycles. The lowest BCUT2D eigenvalue weighted by Crippen LogP contribution is -2.16. The van der Waals surface area contributed by atoms with Crippen LogP contribution >= 0.6 is 0 Å². The Bertz CT molecular complexity index is 1150. The number of methoxy groups -OCH3 is 2.